The van der Waals surface area contributed by atoms with E-state index < -0.39 is 5.60 Å². The van der Waals surface area contributed by atoms with Gasteiger partial charge in [-0.3, -0.25) is 0 Å². The van der Waals surface area contributed by atoms with Crippen LogP contribution in [0.2, 0.25) is 0 Å². The summed E-state index contributed by atoms with van der Waals surface area (Å²) in [6.07, 6.45) is 11.4. The smallest absolute Gasteiger partial charge is 0.130 e. The predicted octanol–water partition coefficient (Wildman–Crippen LogP) is 4.83. The van der Waals surface area contributed by atoms with Gasteiger partial charge in [-0.15, -0.1) is 0 Å². The molecular formula is C18H32O2. The molecule has 1 unspecified atom stereocenters. The van der Waals surface area contributed by atoms with E-state index in [1.54, 1.807) is 6.92 Å². The second-order valence-corrected chi connectivity index (χ2v) is 6.54. The summed E-state index contributed by atoms with van der Waals surface area (Å²) in [7, 11) is 0. The molecule has 1 N–H and O–H groups in total. The van der Waals surface area contributed by atoms with Crippen LogP contribution in [-0.4, -0.2) is 16.5 Å². The van der Waals surface area contributed by atoms with Crippen LogP contribution in [0.5, 0.6) is 0 Å². The molecule has 2 heteroatoms. The molecule has 0 bridgehead atoms. The minimum Gasteiger partial charge on any atom is -0.386 e. The van der Waals surface area contributed by atoms with Crippen LogP contribution in [0, 0.1) is 5.92 Å². The maximum Gasteiger partial charge on any atom is 0.130 e. The Balaban J connectivity index is 4.04. The quantitative estimate of drug-likeness (QED) is 0.582. The summed E-state index contributed by atoms with van der Waals surface area (Å²) in [6, 6.07) is 0. The average molecular weight is 280 g/mol. The Kier molecular flexibility index (Phi) is 9.49. The Morgan fingerprint density at radius 1 is 1.30 bits per heavy atom. The second kappa shape index (κ2) is 9.93. The van der Waals surface area contributed by atoms with Crippen molar-refractivity contribution in [2.24, 2.45) is 5.92 Å². The molecule has 0 fully saturated rings. The highest BCUT2D eigenvalue weighted by Crippen LogP contribution is 2.18. The Bertz CT molecular complexity index is 335. The lowest BCUT2D eigenvalue weighted by Crippen LogP contribution is -2.20. The zero-order chi connectivity index (χ0) is 15.6. The zero-order valence-corrected chi connectivity index (χ0v) is 13.9. The lowest BCUT2D eigenvalue weighted by molar-refractivity contribution is -0.116. The second-order valence-electron chi connectivity index (χ2n) is 6.54. The maximum absolute atomic E-state index is 10.8. The molecule has 0 saturated heterocycles. The first kappa shape index (κ1) is 19.1. The van der Waals surface area contributed by atoms with E-state index in [2.05, 4.69) is 26.8 Å². The van der Waals surface area contributed by atoms with E-state index in [1.165, 1.54) is 5.57 Å². The lowest BCUT2D eigenvalue weighted by Gasteiger charge is -2.19. The summed E-state index contributed by atoms with van der Waals surface area (Å²) in [5.41, 5.74) is 0.551. The third kappa shape index (κ3) is 12.2. The molecule has 0 aliphatic rings. The largest absolute Gasteiger partial charge is 0.386 e. The van der Waals surface area contributed by atoms with Crippen molar-refractivity contribution in [2.75, 3.05) is 0 Å². The third-order valence-corrected chi connectivity index (χ3v) is 3.37. The molecule has 20 heavy (non-hydrogen) atoms. The molecule has 0 amide bonds. The first-order valence-corrected chi connectivity index (χ1v) is 7.78. The van der Waals surface area contributed by atoms with Gasteiger partial charge in [-0.2, -0.15) is 0 Å². The molecule has 0 aromatic carbocycles. The third-order valence-electron chi connectivity index (χ3n) is 3.37. The molecule has 116 valence electrons. The zero-order valence-electron chi connectivity index (χ0n) is 13.9. The topological polar surface area (TPSA) is 37.3 Å². The van der Waals surface area contributed by atoms with E-state index in [0.29, 0.717) is 12.3 Å². The van der Waals surface area contributed by atoms with Crippen LogP contribution in [0.15, 0.2) is 23.8 Å². The fourth-order valence-corrected chi connectivity index (χ4v) is 2.06. The van der Waals surface area contributed by atoms with Crippen molar-refractivity contribution in [3.63, 3.8) is 0 Å². The standard InChI is InChI=1S/C18H32O2/c1-15(2)9-7-13-18(5,20)14-8-11-16(3)10-6-12-17(4)19/h8,10,14-15,20H,6-7,9,11-13H2,1-5H3/b14-8+,16-10+. The number of ketones is 1. The van der Waals surface area contributed by atoms with Crippen LogP contribution in [-0.2, 0) is 4.79 Å². The molecule has 0 aromatic heterocycles. The van der Waals surface area contributed by atoms with Gasteiger partial charge in [-0.1, -0.05) is 50.5 Å². The van der Waals surface area contributed by atoms with Gasteiger partial charge in [-0.25, -0.2) is 0 Å². The number of Topliss-reactive ketones (excluding diaryl/α,β-unsaturated/α-hetero) is 1. The number of allylic oxidation sites excluding steroid dienone is 3. The van der Waals surface area contributed by atoms with Crippen molar-refractivity contribution < 1.29 is 9.90 Å². The summed E-state index contributed by atoms with van der Waals surface area (Å²) in [5, 5.41) is 10.2. The minimum atomic E-state index is -0.700. The van der Waals surface area contributed by atoms with E-state index in [-0.39, 0.29) is 5.78 Å². The van der Waals surface area contributed by atoms with Crippen molar-refractivity contribution >= 4 is 5.78 Å². The Hall–Kier alpha value is -0.890. The van der Waals surface area contributed by atoms with Crippen molar-refractivity contribution in [3.8, 4) is 0 Å². The summed E-state index contributed by atoms with van der Waals surface area (Å²) in [4.78, 5) is 10.8. The number of aliphatic hydroxyl groups is 1. The summed E-state index contributed by atoms with van der Waals surface area (Å²) in [5.74, 6) is 0.930. The molecular weight excluding hydrogens is 248 g/mol. The predicted molar refractivity (Wildman–Crippen MR) is 86.7 cm³/mol. The lowest BCUT2D eigenvalue weighted by atomic mass is 9.95. The van der Waals surface area contributed by atoms with Gasteiger partial charge in [0.05, 0.1) is 5.60 Å². The van der Waals surface area contributed by atoms with Gasteiger partial charge in [0.15, 0.2) is 0 Å². The van der Waals surface area contributed by atoms with Crippen LogP contribution in [0.1, 0.15) is 73.1 Å². The van der Waals surface area contributed by atoms with E-state index in [0.717, 1.165) is 32.1 Å². The van der Waals surface area contributed by atoms with Gasteiger partial charge in [-0.05, 0) is 46.0 Å². The molecule has 0 aliphatic carbocycles. The molecule has 1 atom stereocenters. The van der Waals surface area contributed by atoms with Crippen LogP contribution in [0.3, 0.4) is 0 Å². The number of hydrogen-bond acceptors (Lipinski definition) is 2. The Labute approximate surface area is 125 Å². The Morgan fingerprint density at radius 3 is 2.50 bits per heavy atom. The highest BCUT2D eigenvalue weighted by molar-refractivity contribution is 5.75. The number of rotatable bonds is 10. The van der Waals surface area contributed by atoms with Crippen molar-refractivity contribution in [1.82, 2.24) is 0 Å². The van der Waals surface area contributed by atoms with Crippen molar-refractivity contribution in [2.45, 2.75) is 78.7 Å². The molecule has 0 aromatic rings. The van der Waals surface area contributed by atoms with Gasteiger partial charge in [0.1, 0.15) is 5.78 Å². The van der Waals surface area contributed by atoms with Gasteiger partial charge in [0, 0.05) is 6.42 Å². The molecule has 0 saturated carbocycles. The molecule has 0 spiro atoms. The fourth-order valence-electron chi connectivity index (χ4n) is 2.06. The first-order valence-electron chi connectivity index (χ1n) is 7.78. The van der Waals surface area contributed by atoms with Gasteiger partial charge in [0.2, 0.25) is 0 Å². The van der Waals surface area contributed by atoms with E-state index in [4.69, 9.17) is 0 Å². The highest BCUT2D eigenvalue weighted by atomic mass is 16.3. The van der Waals surface area contributed by atoms with Crippen LogP contribution in [0.4, 0.5) is 0 Å². The first-order chi connectivity index (χ1) is 9.23. The van der Waals surface area contributed by atoms with Gasteiger partial charge < -0.3 is 9.90 Å². The van der Waals surface area contributed by atoms with Crippen LogP contribution >= 0.6 is 0 Å². The summed E-state index contributed by atoms with van der Waals surface area (Å²) < 4.78 is 0. The molecule has 0 aliphatic heterocycles. The van der Waals surface area contributed by atoms with Gasteiger partial charge >= 0.3 is 0 Å². The number of carbonyl (C=O) groups excluding carboxylic acids is 1. The molecule has 2 nitrogen and oxygen atoms in total. The number of hydrogen-bond donors (Lipinski definition) is 1. The molecule has 0 rings (SSSR count). The molecule has 0 radical (unpaired) electrons. The monoisotopic (exact) mass is 280 g/mol. The highest BCUT2D eigenvalue weighted by Gasteiger charge is 2.15. The van der Waals surface area contributed by atoms with Crippen LogP contribution in [0.25, 0.3) is 0 Å². The minimum absolute atomic E-state index is 0.234. The number of carbonyl (C=O) groups is 1. The normalized spacial score (nSPS) is 15.8. The summed E-state index contributed by atoms with van der Waals surface area (Å²) >= 11 is 0. The van der Waals surface area contributed by atoms with Crippen molar-refractivity contribution in [3.05, 3.63) is 23.8 Å². The fraction of sp³-hybridized carbons (Fsp3) is 0.722. The molecule has 0 heterocycles. The summed E-state index contributed by atoms with van der Waals surface area (Å²) in [6.45, 7) is 9.98. The maximum atomic E-state index is 10.8. The van der Waals surface area contributed by atoms with E-state index >= 15 is 0 Å². The van der Waals surface area contributed by atoms with Crippen LogP contribution < -0.4 is 0 Å². The van der Waals surface area contributed by atoms with E-state index in [1.807, 2.05) is 19.1 Å². The SMILES string of the molecule is CC(=O)CC/C=C(\C)C/C=C/C(C)(O)CCCC(C)C. The average Bonchev–Trinajstić information content (AvgIpc) is 2.27. The van der Waals surface area contributed by atoms with Gasteiger partial charge in [0.25, 0.3) is 0 Å². The Morgan fingerprint density at radius 2 is 1.95 bits per heavy atom. The van der Waals surface area contributed by atoms with Crippen molar-refractivity contribution in [1.29, 1.82) is 0 Å². The van der Waals surface area contributed by atoms with E-state index in [9.17, 15) is 9.90 Å².